The third-order valence-corrected chi connectivity index (χ3v) is 5.14. The molecule has 28 heavy (non-hydrogen) atoms. The van der Waals surface area contributed by atoms with Gasteiger partial charge in [0.2, 0.25) is 0 Å². The zero-order chi connectivity index (χ0) is 20.9. The van der Waals surface area contributed by atoms with Crippen LogP contribution in [0.5, 0.6) is 0 Å². The summed E-state index contributed by atoms with van der Waals surface area (Å²) in [5, 5.41) is 0. The lowest BCUT2D eigenvalue weighted by Crippen LogP contribution is -2.18. The van der Waals surface area contributed by atoms with E-state index in [1.807, 2.05) is 0 Å². The smallest absolute Gasteiger partial charge is 0.306 e. The highest BCUT2D eigenvalue weighted by atomic mass is 16.5. The van der Waals surface area contributed by atoms with Gasteiger partial charge in [0.15, 0.2) is 0 Å². The van der Waals surface area contributed by atoms with Crippen LogP contribution in [0, 0.1) is 0 Å². The Kier molecular flexibility index (Phi) is 19.9. The highest BCUT2D eigenvalue weighted by Crippen LogP contribution is 2.17. The first-order valence-electron chi connectivity index (χ1n) is 11.9. The molecule has 4 heteroatoms. The van der Waals surface area contributed by atoms with Crippen LogP contribution in [0.1, 0.15) is 130 Å². The van der Waals surface area contributed by atoms with Crippen molar-refractivity contribution in [3.05, 3.63) is 0 Å². The topological polar surface area (TPSA) is 52.6 Å². The lowest BCUT2D eigenvalue weighted by Gasteiger charge is -2.18. The quantitative estimate of drug-likeness (QED) is 0.162. The molecule has 0 amide bonds. The first-order chi connectivity index (χ1) is 13.6. The van der Waals surface area contributed by atoms with Gasteiger partial charge in [0.1, 0.15) is 6.10 Å². The van der Waals surface area contributed by atoms with E-state index in [9.17, 15) is 9.59 Å². The lowest BCUT2D eigenvalue weighted by atomic mass is 10.0. The Labute approximate surface area is 174 Å². The normalized spacial score (nSPS) is 11.0. The predicted octanol–water partition coefficient (Wildman–Crippen LogP) is 7.13. The molecule has 0 unspecified atom stereocenters. The number of hydrogen-bond acceptors (Lipinski definition) is 4. The van der Waals surface area contributed by atoms with E-state index in [0.29, 0.717) is 25.9 Å². The molecule has 0 heterocycles. The van der Waals surface area contributed by atoms with Gasteiger partial charge in [-0.25, -0.2) is 0 Å². The molecule has 0 radical (unpaired) electrons. The van der Waals surface area contributed by atoms with E-state index in [2.05, 4.69) is 13.8 Å². The van der Waals surface area contributed by atoms with E-state index < -0.39 is 0 Å². The predicted molar refractivity (Wildman–Crippen MR) is 116 cm³/mol. The Balaban J connectivity index is 4.04. The lowest BCUT2D eigenvalue weighted by molar-refractivity contribution is -0.150. The maximum atomic E-state index is 12.2. The molecule has 0 aliphatic heterocycles. The van der Waals surface area contributed by atoms with Crippen molar-refractivity contribution >= 4 is 11.9 Å². The van der Waals surface area contributed by atoms with Crippen LogP contribution >= 0.6 is 0 Å². The van der Waals surface area contributed by atoms with Gasteiger partial charge in [-0.15, -0.1) is 0 Å². The van der Waals surface area contributed by atoms with Crippen LogP contribution in [0.4, 0.5) is 0 Å². The summed E-state index contributed by atoms with van der Waals surface area (Å²) in [5.41, 5.74) is 0. The largest absolute Gasteiger partial charge is 0.466 e. The maximum Gasteiger partial charge on any atom is 0.306 e. The molecule has 0 aliphatic rings. The summed E-state index contributed by atoms with van der Waals surface area (Å²) >= 11 is 0. The fraction of sp³-hybridized carbons (Fsp3) is 0.917. The van der Waals surface area contributed by atoms with Crippen molar-refractivity contribution in [1.82, 2.24) is 0 Å². The molecule has 4 nitrogen and oxygen atoms in total. The number of unbranched alkanes of at least 4 members (excludes halogenated alkanes) is 11. The summed E-state index contributed by atoms with van der Waals surface area (Å²) in [7, 11) is 0. The van der Waals surface area contributed by atoms with E-state index in [-0.39, 0.29) is 18.0 Å². The van der Waals surface area contributed by atoms with Crippen molar-refractivity contribution in [3.63, 3.8) is 0 Å². The Hall–Kier alpha value is -1.06. The fourth-order valence-corrected chi connectivity index (χ4v) is 3.40. The van der Waals surface area contributed by atoms with Crippen LogP contribution in [-0.2, 0) is 19.1 Å². The van der Waals surface area contributed by atoms with E-state index in [4.69, 9.17) is 9.47 Å². The molecule has 0 spiro atoms. The van der Waals surface area contributed by atoms with Gasteiger partial charge in [-0.3, -0.25) is 9.59 Å². The van der Waals surface area contributed by atoms with Crippen LogP contribution < -0.4 is 0 Å². The van der Waals surface area contributed by atoms with Gasteiger partial charge in [0.05, 0.1) is 6.61 Å². The van der Waals surface area contributed by atoms with Gasteiger partial charge in [-0.05, 0) is 38.5 Å². The molecule has 0 rings (SSSR count). The minimum absolute atomic E-state index is 0.0818. The van der Waals surface area contributed by atoms with E-state index in [1.54, 1.807) is 0 Å². The van der Waals surface area contributed by atoms with Gasteiger partial charge in [0.25, 0.3) is 0 Å². The monoisotopic (exact) mass is 398 g/mol. The number of carbonyl (C=O) groups excluding carboxylic acids is 2. The Morgan fingerprint density at radius 2 is 1.18 bits per heavy atom. The number of hydrogen-bond donors (Lipinski definition) is 0. The first kappa shape index (κ1) is 26.9. The summed E-state index contributed by atoms with van der Waals surface area (Å²) < 4.78 is 10.7. The summed E-state index contributed by atoms with van der Waals surface area (Å²) in [4.78, 5) is 22.9. The molecule has 0 saturated heterocycles. The minimum atomic E-state index is -0.263. The van der Waals surface area contributed by atoms with Crippen LogP contribution in [0.2, 0.25) is 0 Å². The number of carbonyl (C=O) groups is 2. The highest BCUT2D eigenvalue weighted by molar-refractivity contribution is 5.69. The van der Waals surface area contributed by atoms with Crippen molar-refractivity contribution in [2.75, 3.05) is 6.61 Å². The van der Waals surface area contributed by atoms with Gasteiger partial charge < -0.3 is 9.47 Å². The SMILES string of the molecule is CCCCCCCCC(CCCCCCCC)OC(=O)CCCCOC(C)=O. The molecule has 0 aromatic carbocycles. The minimum Gasteiger partial charge on any atom is -0.466 e. The second-order valence-corrected chi connectivity index (χ2v) is 8.02. The van der Waals surface area contributed by atoms with Gasteiger partial charge >= 0.3 is 11.9 Å². The van der Waals surface area contributed by atoms with Crippen LogP contribution in [0.3, 0.4) is 0 Å². The van der Waals surface area contributed by atoms with Gasteiger partial charge in [0, 0.05) is 13.3 Å². The first-order valence-corrected chi connectivity index (χ1v) is 11.9. The summed E-state index contributed by atoms with van der Waals surface area (Å²) in [5.74, 6) is -0.356. The van der Waals surface area contributed by atoms with Crippen molar-refractivity contribution in [2.24, 2.45) is 0 Å². The van der Waals surface area contributed by atoms with Crippen molar-refractivity contribution in [1.29, 1.82) is 0 Å². The molecule has 0 aliphatic carbocycles. The molecular weight excluding hydrogens is 352 g/mol. The molecule has 0 saturated carbocycles. The molecule has 166 valence electrons. The average Bonchev–Trinajstić information content (AvgIpc) is 2.66. The van der Waals surface area contributed by atoms with Gasteiger partial charge in [-0.1, -0.05) is 78.1 Å². The standard InChI is InChI=1S/C24H46O4/c1-4-6-8-10-12-14-18-23(19-15-13-11-9-7-5-2)28-24(26)20-16-17-21-27-22(3)25/h23H,4-21H2,1-3H3. The molecule has 0 bridgehead atoms. The van der Waals surface area contributed by atoms with Crippen LogP contribution in [0.25, 0.3) is 0 Å². The summed E-state index contributed by atoms with van der Waals surface area (Å²) in [6.45, 7) is 6.27. The third-order valence-electron chi connectivity index (χ3n) is 5.14. The molecule has 0 atom stereocenters. The number of esters is 2. The summed E-state index contributed by atoms with van der Waals surface area (Å²) in [6.07, 6.45) is 19.2. The van der Waals surface area contributed by atoms with E-state index in [1.165, 1.54) is 71.1 Å². The second kappa shape index (κ2) is 20.7. The zero-order valence-corrected chi connectivity index (χ0v) is 18.9. The van der Waals surface area contributed by atoms with Gasteiger partial charge in [-0.2, -0.15) is 0 Å². The van der Waals surface area contributed by atoms with Crippen LogP contribution in [-0.4, -0.2) is 24.6 Å². The Morgan fingerprint density at radius 1 is 0.679 bits per heavy atom. The molecular formula is C24H46O4. The second-order valence-electron chi connectivity index (χ2n) is 8.02. The average molecular weight is 399 g/mol. The maximum absolute atomic E-state index is 12.2. The Morgan fingerprint density at radius 3 is 1.68 bits per heavy atom. The number of ether oxygens (including phenoxy) is 2. The van der Waals surface area contributed by atoms with E-state index in [0.717, 1.165) is 25.7 Å². The number of rotatable bonds is 20. The molecule has 0 aromatic rings. The molecule has 0 fully saturated rings. The molecule has 0 N–H and O–H groups in total. The third kappa shape index (κ3) is 19.7. The Bertz CT molecular complexity index is 352. The van der Waals surface area contributed by atoms with Crippen molar-refractivity contribution in [2.45, 2.75) is 136 Å². The highest BCUT2D eigenvalue weighted by Gasteiger charge is 2.14. The zero-order valence-electron chi connectivity index (χ0n) is 18.9. The van der Waals surface area contributed by atoms with Crippen molar-refractivity contribution in [3.8, 4) is 0 Å². The summed E-state index contributed by atoms with van der Waals surface area (Å²) in [6, 6.07) is 0. The van der Waals surface area contributed by atoms with E-state index >= 15 is 0 Å². The molecule has 0 aromatic heterocycles. The fourth-order valence-electron chi connectivity index (χ4n) is 3.40. The van der Waals surface area contributed by atoms with Crippen LogP contribution in [0.15, 0.2) is 0 Å². The van der Waals surface area contributed by atoms with Crippen molar-refractivity contribution < 1.29 is 19.1 Å².